The SMILES string of the molecule is CC1CCC(C(=O)O)=C(O)C1OP(=O)(O)O. The Morgan fingerprint density at radius 3 is 2.50 bits per heavy atom. The molecule has 0 saturated heterocycles. The number of aliphatic carboxylic acids is 1. The van der Waals surface area contributed by atoms with E-state index in [2.05, 4.69) is 4.52 Å². The van der Waals surface area contributed by atoms with E-state index in [0.717, 1.165) is 0 Å². The third kappa shape index (κ3) is 3.05. The lowest BCUT2D eigenvalue weighted by atomic mass is 9.87. The van der Waals surface area contributed by atoms with E-state index in [0.29, 0.717) is 6.42 Å². The second kappa shape index (κ2) is 4.55. The predicted octanol–water partition coefficient (Wildman–Crippen LogP) is 0.791. The van der Waals surface area contributed by atoms with Crippen LogP contribution in [0.25, 0.3) is 0 Å². The summed E-state index contributed by atoms with van der Waals surface area (Å²) in [6, 6.07) is 0. The summed E-state index contributed by atoms with van der Waals surface area (Å²) < 4.78 is 15.0. The maximum atomic E-state index is 10.7. The third-order valence-corrected chi connectivity index (χ3v) is 2.96. The van der Waals surface area contributed by atoms with Crippen LogP contribution in [0.5, 0.6) is 0 Å². The summed E-state index contributed by atoms with van der Waals surface area (Å²) in [4.78, 5) is 28.0. The van der Waals surface area contributed by atoms with Crippen LogP contribution in [0.1, 0.15) is 19.8 Å². The van der Waals surface area contributed by atoms with Gasteiger partial charge in [0.05, 0.1) is 5.57 Å². The number of carbonyl (C=O) groups is 1. The van der Waals surface area contributed by atoms with Crippen molar-refractivity contribution in [2.45, 2.75) is 25.9 Å². The quantitative estimate of drug-likeness (QED) is 0.547. The van der Waals surface area contributed by atoms with Crippen LogP contribution in [0, 0.1) is 5.92 Å². The van der Waals surface area contributed by atoms with Gasteiger partial charge in [0.25, 0.3) is 0 Å². The maximum Gasteiger partial charge on any atom is 0.470 e. The zero-order valence-corrected chi connectivity index (χ0v) is 9.42. The number of carboxylic acids is 1. The van der Waals surface area contributed by atoms with Gasteiger partial charge in [-0.15, -0.1) is 0 Å². The van der Waals surface area contributed by atoms with Gasteiger partial charge in [-0.25, -0.2) is 9.36 Å². The number of hydrogen-bond donors (Lipinski definition) is 4. The van der Waals surface area contributed by atoms with Crippen molar-refractivity contribution in [2.75, 3.05) is 0 Å². The first kappa shape index (κ1) is 13.2. The summed E-state index contributed by atoms with van der Waals surface area (Å²) >= 11 is 0. The predicted molar refractivity (Wildman–Crippen MR) is 52.6 cm³/mol. The zero-order valence-electron chi connectivity index (χ0n) is 8.53. The van der Waals surface area contributed by atoms with Crippen molar-refractivity contribution in [1.29, 1.82) is 0 Å². The topological polar surface area (TPSA) is 124 Å². The number of carboxylic acid groups (broad SMARTS) is 1. The molecule has 16 heavy (non-hydrogen) atoms. The fourth-order valence-electron chi connectivity index (χ4n) is 1.61. The van der Waals surface area contributed by atoms with Crippen LogP contribution in [-0.2, 0) is 13.9 Å². The molecule has 1 rings (SSSR count). The molecule has 0 aromatic carbocycles. The molecule has 0 aliphatic heterocycles. The Balaban J connectivity index is 3.00. The lowest BCUT2D eigenvalue weighted by Crippen LogP contribution is -2.30. The number of hydrogen-bond acceptors (Lipinski definition) is 4. The molecule has 0 aromatic rings. The summed E-state index contributed by atoms with van der Waals surface area (Å²) in [6.07, 6.45) is -0.722. The highest BCUT2D eigenvalue weighted by atomic mass is 31.2. The van der Waals surface area contributed by atoms with Crippen LogP contribution < -0.4 is 0 Å². The molecule has 0 saturated carbocycles. The van der Waals surface area contributed by atoms with E-state index < -0.39 is 25.7 Å². The molecule has 1 aliphatic rings. The van der Waals surface area contributed by atoms with Crippen LogP contribution in [0.4, 0.5) is 0 Å². The van der Waals surface area contributed by atoms with Crippen LogP contribution in [0.15, 0.2) is 11.3 Å². The summed E-state index contributed by atoms with van der Waals surface area (Å²) in [5.41, 5.74) is -0.253. The summed E-state index contributed by atoms with van der Waals surface area (Å²) in [5, 5.41) is 18.3. The highest BCUT2D eigenvalue weighted by Gasteiger charge is 2.36. The Kier molecular flexibility index (Phi) is 3.75. The molecule has 0 heterocycles. The Labute approximate surface area is 91.6 Å². The van der Waals surface area contributed by atoms with E-state index in [9.17, 15) is 14.5 Å². The first-order valence-electron chi connectivity index (χ1n) is 4.61. The van der Waals surface area contributed by atoms with E-state index in [1.165, 1.54) is 0 Å². The average Bonchev–Trinajstić information content (AvgIpc) is 2.10. The average molecular weight is 252 g/mol. The monoisotopic (exact) mass is 252 g/mol. The van der Waals surface area contributed by atoms with Gasteiger partial charge in [-0.1, -0.05) is 6.92 Å². The van der Waals surface area contributed by atoms with E-state index in [-0.39, 0.29) is 17.9 Å². The number of phosphoric ester groups is 1. The molecule has 0 radical (unpaired) electrons. The smallest absolute Gasteiger partial charge is 0.470 e. The van der Waals surface area contributed by atoms with Crippen LogP contribution in [-0.4, -0.2) is 32.1 Å². The van der Waals surface area contributed by atoms with Gasteiger partial charge >= 0.3 is 13.8 Å². The molecular weight excluding hydrogens is 239 g/mol. The molecule has 2 atom stereocenters. The molecule has 4 N–H and O–H groups in total. The number of aliphatic hydroxyl groups excluding tert-OH is 1. The van der Waals surface area contributed by atoms with Crippen molar-refractivity contribution in [3.8, 4) is 0 Å². The van der Waals surface area contributed by atoms with Crippen molar-refractivity contribution < 1.29 is 33.9 Å². The minimum Gasteiger partial charge on any atom is -0.509 e. The molecule has 0 spiro atoms. The van der Waals surface area contributed by atoms with Crippen LogP contribution in [0.3, 0.4) is 0 Å². The Bertz CT molecular complexity index is 369. The van der Waals surface area contributed by atoms with Crippen molar-refractivity contribution in [2.24, 2.45) is 5.92 Å². The van der Waals surface area contributed by atoms with Gasteiger partial charge in [-0.05, 0) is 18.8 Å². The number of rotatable bonds is 3. The lowest BCUT2D eigenvalue weighted by Gasteiger charge is -2.28. The Morgan fingerprint density at radius 2 is 2.06 bits per heavy atom. The van der Waals surface area contributed by atoms with Gasteiger partial charge in [-0.2, -0.15) is 0 Å². The number of aliphatic hydroxyl groups is 1. The van der Waals surface area contributed by atoms with Crippen molar-refractivity contribution in [1.82, 2.24) is 0 Å². The van der Waals surface area contributed by atoms with E-state index in [4.69, 9.17) is 14.9 Å². The van der Waals surface area contributed by atoms with Crippen molar-refractivity contribution in [3.63, 3.8) is 0 Å². The van der Waals surface area contributed by atoms with Crippen molar-refractivity contribution >= 4 is 13.8 Å². The van der Waals surface area contributed by atoms with Gasteiger partial charge in [0.2, 0.25) is 0 Å². The second-order valence-electron chi connectivity index (χ2n) is 3.70. The fourth-order valence-corrected chi connectivity index (χ4v) is 2.21. The van der Waals surface area contributed by atoms with Crippen LogP contribution >= 0.6 is 7.82 Å². The Hall–Kier alpha value is -0.880. The molecule has 0 aromatic heterocycles. The standard InChI is InChI=1S/C8H13O7P/c1-4-2-3-5(8(10)11)6(9)7(4)15-16(12,13)14/h4,7,9H,2-3H2,1H3,(H,10,11)(H2,12,13,14). The molecule has 2 unspecified atom stereocenters. The number of phosphoric acid groups is 1. The summed E-state index contributed by atoms with van der Waals surface area (Å²) in [5.74, 6) is -2.26. The first-order valence-corrected chi connectivity index (χ1v) is 6.14. The second-order valence-corrected chi connectivity index (χ2v) is 4.89. The minimum atomic E-state index is -4.75. The molecule has 0 fully saturated rings. The van der Waals surface area contributed by atoms with Crippen molar-refractivity contribution in [3.05, 3.63) is 11.3 Å². The van der Waals surface area contributed by atoms with Gasteiger partial charge in [-0.3, -0.25) is 4.52 Å². The molecule has 92 valence electrons. The van der Waals surface area contributed by atoms with Gasteiger partial charge in [0.15, 0.2) is 0 Å². The maximum absolute atomic E-state index is 10.7. The van der Waals surface area contributed by atoms with E-state index in [1.54, 1.807) is 6.92 Å². The van der Waals surface area contributed by atoms with E-state index in [1.807, 2.05) is 0 Å². The van der Waals surface area contributed by atoms with Gasteiger partial charge < -0.3 is 20.0 Å². The van der Waals surface area contributed by atoms with E-state index >= 15 is 0 Å². The summed E-state index contributed by atoms with van der Waals surface area (Å²) in [6.45, 7) is 1.62. The third-order valence-electron chi connectivity index (χ3n) is 2.45. The first-order chi connectivity index (χ1) is 7.22. The van der Waals surface area contributed by atoms with Crippen LogP contribution in [0.2, 0.25) is 0 Å². The molecule has 8 heteroatoms. The molecule has 1 aliphatic carbocycles. The summed E-state index contributed by atoms with van der Waals surface area (Å²) in [7, 11) is -4.75. The normalized spacial score (nSPS) is 26.9. The highest BCUT2D eigenvalue weighted by Crippen LogP contribution is 2.43. The minimum absolute atomic E-state index is 0.156. The molecule has 0 amide bonds. The van der Waals surface area contributed by atoms with Gasteiger partial charge in [0, 0.05) is 0 Å². The Morgan fingerprint density at radius 1 is 1.50 bits per heavy atom. The molecular formula is C8H13O7P. The van der Waals surface area contributed by atoms with Gasteiger partial charge in [0.1, 0.15) is 11.9 Å². The fraction of sp³-hybridized carbons (Fsp3) is 0.625. The molecule has 7 nitrogen and oxygen atoms in total. The largest absolute Gasteiger partial charge is 0.509 e. The lowest BCUT2D eigenvalue weighted by molar-refractivity contribution is -0.133. The highest BCUT2D eigenvalue weighted by molar-refractivity contribution is 7.46. The zero-order chi connectivity index (χ0) is 12.5. The molecule has 0 bridgehead atoms.